The Hall–Kier alpha value is -1.82. The minimum Gasteiger partial charge on any atom is -0.477 e. The van der Waals surface area contributed by atoms with Gasteiger partial charge in [-0.15, -0.1) is 0 Å². The molecule has 0 spiro atoms. The van der Waals surface area contributed by atoms with Gasteiger partial charge >= 0.3 is 0 Å². The van der Waals surface area contributed by atoms with Gasteiger partial charge in [-0.3, -0.25) is 0 Å². The van der Waals surface area contributed by atoms with Gasteiger partial charge in [0.05, 0.1) is 12.0 Å². The van der Waals surface area contributed by atoms with Crippen LogP contribution in [0.2, 0.25) is 0 Å². The molecular formula is C22H40N4O2. The van der Waals surface area contributed by atoms with Gasteiger partial charge in [0, 0.05) is 26.0 Å². The Morgan fingerprint density at radius 1 is 1.00 bits per heavy atom. The zero-order chi connectivity index (χ0) is 20.8. The summed E-state index contributed by atoms with van der Waals surface area (Å²) in [4.78, 5) is 8.84. The van der Waals surface area contributed by atoms with Gasteiger partial charge in [0.2, 0.25) is 11.8 Å². The molecule has 6 heteroatoms. The van der Waals surface area contributed by atoms with E-state index in [0.717, 1.165) is 43.3 Å². The zero-order valence-corrected chi connectivity index (χ0v) is 18.5. The van der Waals surface area contributed by atoms with Gasteiger partial charge in [-0.05, 0) is 31.7 Å². The van der Waals surface area contributed by atoms with Crippen molar-refractivity contribution in [1.29, 1.82) is 0 Å². The number of ether oxygens (including phenoxy) is 2. The third kappa shape index (κ3) is 7.30. The predicted octanol–water partition coefficient (Wildman–Crippen LogP) is 5.77. The molecule has 0 fully saturated rings. The molecule has 0 atom stereocenters. The Bertz CT molecular complexity index is 649. The number of rotatable bonds is 13. The second kappa shape index (κ2) is 14.2. The van der Waals surface area contributed by atoms with Crippen molar-refractivity contribution >= 4 is 17.0 Å². The minimum absolute atomic E-state index is 0.272. The number of aromatic nitrogens is 3. The van der Waals surface area contributed by atoms with Crippen LogP contribution < -0.4 is 10.5 Å². The molecule has 2 aromatic rings. The lowest BCUT2D eigenvalue weighted by molar-refractivity contribution is 0.183. The number of nitrogens with two attached hydrogens (primary N) is 1. The summed E-state index contributed by atoms with van der Waals surface area (Å²) in [6.07, 6.45) is 11.2. The summed E-state index contributed by atoms with van der Waals surface area (Å²) >= 11 is 0. The van der Waals surface area contributed by atoms with Gasteiger partial charge in [0.15, 0.2) is 0 Å². The van der Waals surface area contributed by atoms with E-state index in [4.69, 9.17) is 15.2 Å². The molecule has 0 unspecified atom stereocenters. The quantitative estimate of drug-likeness (QED) is 0.438. The van der Waals surface area contributed by atoms with Crippen LogP contribution in [0.15, 0.2) is 12.3 Å². The number of anilines is 1. The lowest BCUT2D eigenvalue weighted by atomic mass is 10.0. The third-order valence-electron chi connectivity index (χ3n) is 4.71. The summed E-state index contributed by atoms with van der Waals surface area (Å²) in [5.74, 6) is 0.863. The third-order valence-corrected chi connectivity index (χ3v) is 4.71. The van der Waals surface area contributed by atoms with Crippen LogP contribution in [-0.2, 0) is 4.74 Å². The van der Waals surface area contributed by atoms with Crippen LogP contribution in [0.4, 0.5) is 5.95 Å². The van der Waals surface area contributed by atoms with Crippen molar-refractivity contribution in [1.82, 2.24) is 14.5 Å². The topological polar surface area (TPSA) is 75.2 Å². The fraction of sp³-hybridized carbons (Fsp3) is 0.727. The Balaban J connectivity index is 0.00000190. The largest absolute Gasteiger partial charge is 0.477 e. The van der Waals surface area contributed by atoms with Crippen LogP contribution in [0.25, 0.3) is 11.0 Å². The first-order valence-corrected chi connectivity index (χ1v) is 11.0. The standard InChI is InChI=1S/C20H34N4O2.C2H6/c1-4-6-10-16(11-7-5-2)24-13-12-17-18(24)22-20(21)23-19(17)26-15-9-8-14-25-3;1-2/h12-13,16H,4-11,14-15H2,1-3H3,(H2,21,22,23);1-2H3. The first-order valence-electron chi connectivity index (χ1n) is 11.0. The smallest absolute Gasteiger partial charge is 0.227 e. The summed E-state index contributed by atoms with van der Waals surface area (Å²) in [6.45, 7) is 9.83. The highest BCUT2D eigenvalue weighted by Gasteiger charge is 2.17. The van der Waals surface area contributed by atoms with Crippen LogP contribution >= 0.6 is 0 Å². The Kier molecular flexibility index (Phi) is 12.3. The average molecular weight is 393 g/mol. The predicted molar refractivity (Wildman–Crippen MR) is 118 cm³/mol. The summed E-state index contributed by atoms with van der Waals surface area (Å²) in [5.41, 5.74) is 6.86. The van der Waals surface area contributed by atoms with Crippen molar-refractivity contribution in [3.8, 4) is 5.88 Å². The lowest BCUT2D eigenvalue weighted by Gasteiger charge is -2.19. The molecule has 0 aliphatic heterocycles. The summed E-state index contributed by atoms with van der Waals surface area (Å²) in [7, 11) is 1.71. The van der Waals surface area contributed by atoms with E-state index in [0.29, 0.717) is 18.5 Å². The van der Waals surface area contributed by atoms with E-state index in [9.17, 15) is 0 Å². The fourth-order valence-corrected chi connectivity index (χ4v) is 3.25. The molecule has 28 heavy (non-hydrogen) atoms. The highest BCUT2D eigenvalue weighted by atomic mass is 16.5. The van der Waals surface area contributed by atoms with Gasteiger partial charge in [-0.2, -0.15) is 9.97 Å². The van der Waals surface area contributed by atoms with Gasteiger partial charge < -0.3 is 19.8 Å². The van der Waals surface area contributed by atoms with Crippen LogP contribution in [0.1, 0.15) is 85.1 Å². The summed E-state index contributed by atoms with van der Waals surface area (Å²) in [6, 6.07) is 2.51. The van der Waals surface area contributed by atoms with E-state index in [1.807, 2.05) is 13.8 Å². The van der Waals surface area contributed by atoms with E-state index in [-0.39, 0.29) is 5.95 Å². The first kappa shape index (κ1) is 24.2. The van der Waals surface area contributed by atoms with Crippen LogP contribution in [-0.4, -0.2) is 34.9 Å². The molecule has 0 saturated carbocycles. The van der Waals surface area contributed by atoms with E-state index in [2.05, 4.69) is 40.6 Å². The Morgan fingerprint density at radius 2 is 1.64 bits per heavy atom. The maximum absolute atomic E-state index is 5.97. The van der Waals surface area contributed by atoms with Crippen LogP contribution in [0.3, 0.4) is 0 Å². The minimum atomic E-state index is 0.272. The maximum Gasteiger partial charge on any atom is 0.227 e. The molecule has 2 aromatic heterocycles. The number of nitrogens with zero attached hydrogens (tertiary/aromatic N) is 3. The molecule has 2 N–H and O–H groups in total. The maximum atomic E-state index is 5.97. The molecule has 2 rings (SSSR count). The average Bonchev–Trinajstić information content (AvgIpc) is 3.13. The van der Waals surface area contributed by atoms with Gasteiger partial charge in [0.1, 0.15) is 5.65 Å². The second-order valence-corrected chi connectivity index (χ2v) is 6.83. The van der Waals surface area contributed by atoms with Crippen molar-refractivity contribution in [3.05, 3.63) is 12.3 Å². The zero-order valence-electron chi connectivity index (χ0n) is 18.5. The number of nitrogen functional groups attached to an aromatic ring is 1. The molecule has 0 bridgehead atoms. The molecular weight excluding hydrogens is 352 g/mol. The molecule has 2 heterocycles. The van der Waals surface area contributed by atoms with Crippen molar-refractivity contribution in [3.63, 3.8) is 0 Å². The van der Waals surface area contributed by atoms with Crippen molar-refractivity contribution in [2.75, 3.05) is 26.1 Å². The highest BCUT2D eigenvalue weighted by Crippen LogP contribution is 2.30. The monoisotopic (exact) mass is 392 g/mol. The van der Waals surface area contributed by atoms with E-state index in [1.54, 1.807) is 7.11 Å². The molecule has 0 amide bonds. The molecule has 0 aromatic carbocycles. The van der Waals surface area contributed by atoms with Crippen molar-refractivity contribution < 1.29 is 9.47 Å². The Labute approximate surface area is 170 Å². The second-order valence-electron chi connectivity index (χ2n) is 6.83. The van der Waals surface area contributed by atoms with Gasteiger partial charge in [-0.1, -0.05) is 53.4 Å². The van der Waals surface area contributed by atoms with Gasteiger partial charge in [0.25, 0.3) is 0 Å². The molecule has 0 saturated heterocycles. The Morgan fingerprint density at radius 3 is 2.25 bits per heavy atom. The molecule has 0 radical (unpaired) electrons. The van der Waals surface area contributed by atoms with Crippen LogP contribution in [0, 0.1) is 0 Å². The fourth-order valence-electron chi connectivity index (χ4n) is 3.25. The number of unbranched alkanes of at least 4 members (excludes halogenated alkanes) is 3. The van der Waals surface area contributed by atoms with Crippen LogP contribution in [0.5, 0.6) is 5.88 Å². The van der Waals surface area contributed by atoms with E-state index < -0.39 is 0 Å². The SMILES string of the molecule is CC.CCCCC(CCCC)n1ccc2c(OCCCCOC)nc(N)nc21. The number of fused-ring (bicyclic) bond motifs is 1. The van der Waals surface area contributed by atoms with E-state index in [1.165, 1.54) is 25.7 Å². The molecule has 6 nitrogen and oxygen atoms in total. The summed E-state index contributed by atoms with van der Waals surface area (Å²) in [5, 5.41) is 0.948. The highest BCUT2D eigenvalue weighted by molar-refractivity contribution is 5.82. The van der Waals surface area contributed by atoms with Gasteiger partial charge in [-0.25, -0.2) is 0 Å². The van der Waals surface area contributed by atoms with Crippen molar-refractivity contribution in [2.45, 2.75) is 85.1 Å². The number of methoxy groups -OCH3 is 1. The lowest BCUT2D eigenvalue weighted by Crippen LogP contribution is -2.10. The van der Waals surface area contributed by atoms with Crippen molar-refractivity contribution in [2.24, 2.45) is 0 Å². The molecule has 0 aliphatic rings. The molecule has 0 aliphatic carbocycles. The first-order chi connectivity index (χ1) is 13.7. The molecule has 160 valence electrons. The normalized spacial score (nSPS) is 10.9. The number of hydrogen-bond acceptors (Lipinski definition) is 5. The van der Waals surface area contributed by atoms with E-state index >= 15 is 0 Å². The summed E-state index contributed by atoms with van der Waals surface area (Å²) < 4.78 is 13.2. The number of hydrogen-bond donors (Lipinski definition) is 1.